The largest absolute Gasteiger partial charge is 0.468 e. The van der Waals surface area contributed by atoms with Gasteiger partial charge in [0.05, 0.1) is 7.11 Å². The minimum Gasteiger partial charge on any atom is -0.468 e. The second-order valence-electron chi connectivity index (χ2n) is 3.19. The maximum Gasteiger partial charge on any atom is 0.297 e. The van der Waals surface area contributed by atoms with Crippen LogP contribution in [0, 0.1) is 10.7 Å². The Kier molecular flexibility index (Phi) is 3.36. The lowest BCUT2D eigenvalue weighted by Gasteiger charge is -2.05. The molecule has 0 spiro atoms. The Bertz CT molecular complexity index is 334. The van der Waals surface area contributed by atoms with Crippen LogP contribution in [0.2, 0.25) is 0 Å². The third-order valence-electron chi connectivity index (χ3n) is 1.47. The Balaban J connectivity index is 2.95. The highest BCUT2D eigenvalue weighted by Crippen LogP contribution is 2.05. The Morgan fingerprint density at radius 1 is 1.46 bits per heavy atom. The highest BCUT2D eigenvalue weighted by atomic mass is 32.1. The molecule has 0 aliphatic heterocycles. The van der Waals surface area contributed by atoms with Crippen LogP contribution in [0.4, 0.5) is 0 Å². The van der Waals surface area contributed by atoms with Gasteiger partial charge < -0.3 is 4.74 Å². The average Bonchev–Trinajstić information content (AvgIpc) is 2.01. The molecule has 0 amide bonds. The zero-order valence-corrected chi connectivity index (χ0v) is 8.81. The Labute approximate surface area is 82.4 Å². The molecular weight excluding hydrogens is 186 g/mol. The molecule has 1 heterocycles. The average molecular weight is 199 g/mol. The van der Waals surface area contributed by atoms with Gasteiger partial charge in [0.1, 0.15) is 5.82 Å². The van der Waals surface area contributed by atoms with E-state index in [0.717, 1.165) is 12.2 Å². The van der Waals surface area contributed by atoms with E-state index in [-0.39, 0.29) is 0 Å². The van der Waals surface area contributed by atoms with E-state index in [0.29, 0.717) is 16.7 Å². The van der Waals surface area contributed by atoms with Gasteiger partial charge in [-0.2, -0.15) is 4.98 Å². The molecule has 0 saturated carbocycles. The number of hydrogen-bond donors (Lipinski definition) is 1. The lowest BCUT2D eigenvalue weighted by Crippen LogP contribution is -2.04. The van der Waals surface area contributed by atoms with Crippen molar-refractivity contribution in [3.8, 4) is 6.01 Å². The zero-order valence-electron chi connectivity index (χ0n) is 8.00. The molecule has 0 aromatic carbocycles. The molecule has 0 atom stereocenters. The SMILES string of the molecule is COc1nc(=S)nc(CC(C)C)[nH]1. The van der Waals surface area contributed by atoms with Gasteiger partial charge in [-0.1, -0.05) is 13.8 Å². The van der Waals surface area contributed by atoms with E-state index in [1.54, 1.807) is 7.11 Å². The van der Waals surface area contributed by atoms with Crippen LogP contribution in [0.3, 0.4) is 0 Å². The Hall–Kier alpha value is -0.970. The zero-order chi connectivity index (χ0) is 9.84. The fraction of sp³-hybridized carbons (Fsp3) is 0.625. The molecule has 72 valence electrons. The van der Waals surface area contributed by atoms with Crippen molar-refractivity contribution in [3.05, 3.63) is 10.6 Å². The second-order valence-corrected chi connectivity index (χ2v) is 3.55. The van der Waals surface area contributed by atoms with Crippen molar-refractivity contribution in [2.75, 3.05) is 7.11 Å². The maximum absolute atomic E-state index is 4.94. The first-order chi connectivity index (χ1) is 6.11. The highest BCUT2D eigenvalue weighted by molar-refractivity contribution is 7.71. The van der Waals surface area contributed by atoms with Gasteiger partial charge in [0.2, 0.25) is 4.77 Å². The van der Waals surface area contributed by atoms with Crippen molar-refractivity contribution in [3.63, 3.8) is 0 Å². The number of aromatic amines is 1. The molecule has 0 bridgehead atoms. The fourth-order valence-corrected chi connectivity index (χ4v) is 1.18. The normalized spacial score (nSPS) is 10.5. The van der Waals surface area contributed by atoms with E-state index in [1.165, 1.54) is 0 Å². The number of rotatable bonds is 3. The van der Waals surface area contributed by atoms with Crippen molar-refractivity contribution in [1.82, 2.24) is 15.0 Å². The summed E-state index contributed by atoms with van der Waals surface area (Å²) in [5.74, 6) is 1.36. The summed E-state index contributed by atoms with van der Waals surface area (Å²) < 4.78 is 5.27. The van der Waals surface area contributed by atoms with Crippen molar-refractivity contribution in [2.45, 2.75) is 20.3 Å². The summed E-state index contributed by atoms with van der Waals surface area (Å²) in [7, 11) is 1.55. The third-order valence-corrected chi connectivity index (χ3v) is 1.66. The van der Waals surface area contributed by atoms with Gasteiger partial charge in [-0.3, -0.25) is 4.98 Å². The Morgan fingerprint density at radius 2 is 2.15 bits per heavy atom. The molecule has 1 aromatic rings. The summed E-state index contributed by atoms with van der Waals surface area (Å²) in [5, 5.41) is 0. The summed E-state index contributed by atoms with van der Waals surface area (Å²) in [6.07, 6.45) is 0.850. The summed E-state index contributed by atoms with van der Waals surface area (Å²) in [6, 6.07) is 0.427. The number of ether oxygens (including phenoxy) is 1. The summed E-state index contributed by atoms with van der Waals surface area (Å²) >= 11 is 4.88. The lowest BCUT2D eigenvalue weighted by molar-refractivity contribution is 0.373. The predicted octanol–water partition coefficient (Wildman–Crippen LogP) is 1.74. The van der Waals surface area contributed by atoms with Crippen LogP contribution >= 0.6 is 12.2 Å². The van der Waals surface area contributed by atoms with E-state index in [1.807, 2.05) is 0 Å². The van der Waals surface area contributed by atoms with Gasteiger partial charge in [0.15, 0.2) is 0 Å². The number of methoxy groups -OCH3 is 1. The van der Waals surface area contributed by atoms with Crippen LogP contribution in [0.25, 0.3) is 0 Å². The molecule has 1 N–H and O–H groups in total. The molecule has 1 aromatic heterocycles. The van der Waals surface area contributed by atoms with Gasteiger partial charge in [0.25, 0.3) is 6.01 Å². The Morgan fingerprint density at radius 3 is 2.69 bits per heavy atom. The second kappa shape index (κ2) is 4.32. The van der Waals surface area contributed by atoms with Crippen LogP contribution in [-0.2, 0) is 6.42 Å². The first-order valence-corrected chi connectivity index (χ1v) is 4.54. The first kappa shape index (κ1) is 10.1. The number of hydrogen-bond acceptors (Lipinski definition) is 4. The topological polar surface area (TPSA) is 50.8 Å². The maximum atomic E-state index is 4.94. The van der Waals surface area contributed by atoms with E-state index < -0.39 is 0 Å². The number of nitrogens with one attached hydrogen (secondary N) is 1. The molecule has 0 saturated heterocycles. The van der Waals surface area contributed by atoms with E-state index in [9.17, 15) is 0 Å². The number of aromatic nitrogens is 3. The molecule has 1 rings (SSSR count). The third kappa shape index (κ3) is 3.10. The van der Waals surface area contributed by atoms with Crippen LogP contribution in [0.1, 0.15) is 19.7 Å². The van der Waals surface area contributed by atoms with Gasteiger partial charge in [0, 0.05) is 6.42 Å². The van der Waals surface area contributed by atoms with Gasteiger partial charge >= 0.3 is 0 Å². The molecule has 0 radical (unpaired) electrons. The van der Waals surface area contributed by atoms with Gasteiger partial charge in [-0.05, 0) is 18.1 Å². The van der Waals surface area contributed by atoms with Crippen LogP contribution in [-0.4, -0.2) is 22.1 Å². The minimum absolute atomic E-state index is 0.325. The molecule has 4 nitrogen and oxygen atoms in total. The summed E-state index contributed by atoms with van der Waals surface area (Å²) in [5.41, 5.74) is 0. The quantitative estimate of drug-likeness (QED) is 0.753. The van der Waals surface area contributed by atoms with Crippen LogP contribution < -0.4 is 4.74 Å². The van der Waals surface area contributed by atoms with Crippen LogP contribution in [0.15, 0.2) is 0 Å². The molecule has 0 fully saturated rings. The van der Waals surface area contributed by atoms with Gasteiger partial charge in [-0.15, -0.1) is 0 Å². The molecule has 0 unspecified atom stereocenters. The fourth-order valence-electron chi connectivity index (χ4n) is 0.987. The van der Waals surface area contributed by atoms with E-state index in [2.05, 4.69) is 28.8 Å². The minimum atomic E-state index is 0.325. The molecule has 0 aliphatic rings. The molecule has 0 aliphatic carbocycles. The predicted molar refractivity (Wildman–Crippen MR) is 52.3 cm³/mol. The van der Waals surface area contributed by atoms with Crippen molar-refractivity contribution in [2.24, 2.45) is 5.92 Å². The summed E-state index contributed by atoms with van der Waals surface area (Å²) in [4.78, 5) is 10.9. The van der Waals surface area contributed by atoms with E-state index >= 15 is 0 Å². The number of nitrogens with zero attached hydrogens (tertiary/aromatic N) is 2. The lowest BCUT2D eigenvalue weighted by atomic mass is 10.1. The molecule has 5 heteroatoms. The monoisotopic (exact) mass is 199 g/mol. The molecule has 13 heavy (non-hydrogen) atoms. The first-order valence-electron chi connectivity index (χ1n) is 4.13. The number of H-pyrrole nitrogens is 1. The van der Waals surface area contributed by atoms with E-state index in [4.69, 9.17) is 17.0 Å². The smallest absolute Gasteiger partial charge is 0.297 e. The van der Waals surface area contributed by atoms with Crippen molar-refractivity contribution < 1.29 is 4.74 Å². The van der Waals surface area contributed by atoms with Crippen molar-refractivity contribution in [1.29, 1.82) is 0 Å². The highest BCUT2D eigenvalue weighted by Gasteiger charge is 2.02. The summed E-state index contributed by atoms with van der Waals surface area (Å²) in [6.45, 7) is 4.23. The van der Waals surface area contributed by atoms with Crippen molar-refractivity contribution >= 4 is 12.2 Å². The molecular formula is C8H13N3OS. The van der Waals surface area contributed by atoms with Gasteiger partial charge in [-0.25, -0.2) is 4.98 Å². The standard InChI is InChI=1S/C8H13N3OS/c1-5(2)4-6-9-7(12-3)11-8(13)10-6/h5H,4H2,1-3H3,(H,9,10,11,13). The van der Waals surface area contributed by atoms with Crippen LogP contribution in [0.5, 0.6) is 6.01 Å².